The van der Waals surface area contributed by atoms with Gasteiger partial charge in [-0.15, -0.1) is 0 Å². The zero-order chi connectivity index (χ0) is 17.8. The Bertz CT molecular complexity index is 216. The molecule has 0 saturated carbocycles. The lowest BCUT2D eigenvalue weighted by atomic mass is 9.94. The molecule has 2 N–H and O–H groups in total. The van der Waals surface area contributed by atoms with Gasteiger partial charge in [-0.3, -0.25) is 0 Å². The van der Waals surface area contributed by atoms with Gasteiger partial charge in [0, 0.05) is 0 Å². The lowest BCUT2D eigenvalue weighted by molar-refractivity contribution is 0.0430. The minimum absolute atomic E-state index is 0.422. The number of hydrogen-bond donors (Lipinski definition) is 2. The molecule has 136 valence electrons. The van der Waals surface area contributed by atoms with E-state index in [1.807, 2.05) is 27.7 Å². The summed E-state index contributed by atoms with van der Waals surface area (Å²) in [4.78, 5) is 0. The van der Waals surface area contributed by atoms with Crippen LogP contribution in [-0.4, -0.2) is 21.4 Å². The van der Waals surface area contributed by atoms with Gasteiger partial charge in [0.1, 0.15) is 0 Å². The van der Waals surface area contributed by atoms with Gasteiger partial charge in [-0.2, -0.15) is 0 Å². The molecule has 0 saturated heterocycles. The Labute approximate surface area is 140 Å². The molecule has 2 heteroatoms. The molecule has 0 aromatic rings. The van der Waals surface area contributed by atoms with E-state index in [0.29, 0.717) is 0 Å². The van der Waals surface area contributed by atoms with Crippen molar-refractivity contribution in [2.45, 2.75) is 118 Å². The van der Waals surface area contributed by atoms with E-state index in [0.717, 1.165) is 50.4 Å². The largest absolute Gasteiger partial charge is 0.390 e. The van der Waals surface area contributed by atoms with Gasteiger partial charge >= 0.3 is 0 Å². The van der Waals surface area contributed by atoms with Gasteiger partial charge in [0.05, 0.1) is 11.2 Å². The molecule has 0 radical (unpaired) electrons. The second-order valence-corrected chi connectivity index (χ2v) is 8.27. The average Bonchev–Trinajstić information content (AvgIpc) is 2.38. The van der Waals surface area contributed by atoms with E-state index in [1.165, 1.54) is 12.8 Å². The Morgan fingerprint density at radius 2 is 0.955 bits per heavy atom. The van der Waals surface area contributed by atoms with Gasteiger partial charge in [0.15, 0.2) is 0 Å². The normalized spacial score (nSPS) is 16.9. The van der Waals surface area contributed by atoms with E-state index in [9.17, 15) is 10.2 Å². The monoisotopic (exact) mass is 316 g/mol. The lowest BCUT2D eigenvalue weighted by Gasteiger charge is -2.21. The molecule has 0 fully saturated rings. The summed E-state index contributed by atoms with van der Waals surface area (Å²) < 4.78 is 0. The first-order valence-corrected chi connectivity index (χ1v) is 9.40. The minimum Gasteiger partial charge on any atom is -0.390 e. The van der Waals surface area contributed by atoms with Crippen LogP contribution in [0.25, 0.3) is 0 Å². The third-order valence-electron chi connectivity index (χ3n) is 4.52. The van der Waals surface area contributed by atoms with E-state index in [-0.39, 0.29) is 0 Å². The summed E-state index contributed by atoms with van der Waals surface area (Å²) >= 11 is 0. The molecule has 0 aromatic heterocycles. The van der Waals surface area contributed by atoms with Crippen molar-refractivity contribution in [3.8, 4) is 0 Å². The quantitative estimate of drug-likeness (QED) is 0.523. The van der Waals surface area contributed by atoms with Crippen molar-refractivity contribution in [2.24, 2.45) is 11.8 Å². The molecular weight excluding hydrogens is 272 g/mol. The average molecular weight is 317 g/mol. The second-order valence-electron chi connectivity index (χ2n) is 8.27. The molecule has 0 aliphatic heterocycles. The Hall–Kier alpha value is -0.0800. The molecule has 2 nitrogen and oxygen atoms in total. The van der Waals surface area contributed by atoms with Gasteiger partial charge < -0.3 is 10.2 Å². The zero-order valence-corrected chi connectivity index (χ0v) is 16.7. The maximum absolute atomic E-state index is 9.64. The number of aliphatic hydroxyl groups is 2. The van der Waals surface area contributed by atoms with E-state index in [4.69, 9.17) is 0 Å². The third-order valence-corrected chi connectivity index (χ3v) is 4.52. The van der Waals surface area contributed by atoms with Crippen LogP contribution in [0, 0.1) is 11.8 Å². The summed E-state index contributed by atoms with van der Waals surface area (Å²) in [6.07, 6.45) is 8.39. The molecule has 0 aliphatic carbocycles. The fraction of sp³-hybridized carbons (Fsp3) is 1.00. The third kappa shape index (κ3) is 18.0. The molecule has 0 aliphatic rings. The van der Waals surface area contributed by atoms with Crippen molar-refractivity contribution in [3.63, 3.8) is 0 Å². The van der Waals surface area contributed by atoms with Gasteiger partial charge in [0.2, 0.25) is 0 Å². The van der Waals surface area contributed by atoms with Crippen LogP contribution in [-0.2, 0) is 0 Å². The topological polar surface area (TPSA) is 40.5 Å². The Morgan fingerprint density at radius 1 is 0.682 bits per heavy atom. The number of rotatable bonds is 10. The molecule has 0 heterocycles. The second kappa shape index (κ2) is 12.4. The summed E-state index contributed by atoms with van der Waals surface area (Å²) in [5, 5.41) is 19.3. The van der Waals surface area contributed by atoms with Crippen LogP contribution >= 0.6 is 0 Å². The summed E-state index contributed by atoms with van der Waals surface area (Å²) in [5.74, 6) is 1.53. The molecule has 22 heavy (non-hydrogen) atoms. The Morgan fingerprint density at radius 3 is 1.14 bits per heavy atom. The van der Waals surface area contributed by atoms with E-state index in [2.05, 4.69) is 27.7 Å². The summed E-state index contributed by atoms with van der Waals surface area (Å²) in [7, 11) is 0. The molecule has 0 amide bonds. The van der Waals surface area contributed by atoms with Crippen molar-refractivity contribution in [2.75, 3.05) is 0 Å². The van der Waals surface area contributed by atoms with E-state index in [1.54, 1.807) is 0 Å². The smallest absolute Gasteiger partial charge is 0.0617 e. The van der Waals surface area contributed by atoms with Crippen molar-refractivity contribution in [3.05, 3.63) is 0 Å². The fourth-order valence-electron chi connectivity index (χ4n) is 2.14. The van der Waals surface area contributed by atoms with Gasteiger partial charge in [-0.1, -0.05) is 67.2 Å². The Balaban J connectivity index is 0. The van der Waals surface area contributed by atoms with Gasteiger partial charge in [0.25, 0.3) is 0 Å². The molecular formula is C20H44O2. The van der Waals surface area contributed by atoms with Crippen LogP contribution in [0.4, 0.5) is 0 Å². The first-order valence-electron chi connectivity index (χ1n) is 9.40. The van der Waals surface area contributed by atoms with Crippen molar-refractivity contribution >= 4 is 0 Å². The van der Waals surface area contributed by atoms with E-state index >= 15 is 0 Å². The fourth-order valence-corrected chi connectivity index (χ4v) is 2.14. The highest BCUT2D eigenvalue weighted by molar-refractivity contribution is 4.70. The maximum atomic E-state index is 9.64. The van der Waals surface area contributed by atoms with Crippen molar-refractivity contribution < 1.29 is 10.2 Å². The SMILES string of the molecule is CCC(C)(O)CCCC(C)C.CCC(C)(O)CCCC(C)C. The standard InChI is InChI=1S/2C10H22O/c2*1-5-10(4,11)8-6-7-9(2)3/h2*9,11H,5-8H2,1-4H3. The molecule has 2 atom stereocenters. The van der Waals surface area contributed by atoms with Crippen LogP contribution in [0.5, 0.6) is 0 Å². The van der Waals surface area contributed by atoms with Gasteiger partial charge in [-0.05, 0) is 51.4 Å². The molecule has 2 unspecified atom stereocenters. The highest BCUT2D eigenvalue weighted by atomic mass is 16.3. The highest BCUT2D eigenvalue weighted by Crippen LogP contribution is 2.19. The maximum Gasteiger partial charge on any atom is 0.0617 e. The highest BCUT2D eigenvalue weighted by Gasteiger charge is 2.17. The van der Waals surface area contributed by atoms with Crippen LogP contribution < -0.4 is 0 Å². The first-order chi connectivity index (χ1) is 9.95. The van der Waals surface area contributed by atoms with Crippen LogP contribution in [0.2, 0.25) is 0 Å². The molecule has 0 aromatic carbocycles. The van der Waals surface area contributed by atoms with Gasteiger partial charge in [-0.25, -0.2) is 0 Å². The summed E-state index contributed by atoms with van der Waals surface area (Å²) in [5.41, 5.74) is -0.843. The van der Waals surface area contributed by atoms with Crippen LogP contribution in [0.15, 0.2) is 0 Å². The molecule has 0 rings (SSSR count). The predicted molar refractivity (Wildman–Crippen MR) is 99.2 cm³/mol. The summed E-state index contributed by atoms with van der Waals surface area (Å²) in [6, 6.07) is 0. The predicted octanol–water partition coefficient (Wildman–Crippen LogP) is 5.95. The van der Waals surface area contributed by atoms with Crippen molar-refractivity contribution in [1.82, 2.24) is 0 Å². The van der Waals surface area contributed by atoms with Crippen molar-refractivity contribution in [1.29, 1.82) is 0 Å². The van der Waals surface area contributed by atoms with Crippen LogP contribution in [0.3, 0.4) is 0 Å². The first kappa shape index (κ1) is 24.2. The zero-order valence-electron chi connectivity index (χ0n) is 16.7. The molecule has 0 bridgehead atoms. The number of hydrogen-bond acceptors (Lipinski definition) is 2. The summed E-state index contributed by atoms with van der Waals surface area (Å²) in [6.45, 7) is 16.8. The molecule has 0 spiro atoms. The Kier molecular flexibility index (Phi) is 13.6. The van der Waals surface area contributed by atoms with Crippen LogP contribution in [0.1, 0.15) is 107 Å². The van der Waals surface area contributed by atoms with E-state index < -0.39 is 11.2 Å². The minimum atomic E-state index is -0.422. The lowest BCUT2D eigenvalue weighted by Crippen LogP contribution is -2.22.